The molecule has 4 aromatic carbocycles. The molecule has 0 bridgehead atoms. The molecule has 6 aliphatic rings. The number of carboxylic acids is 2. The maximum atomic E-state index is 15.2. The van der Waals surface area contributed by atoms with Gasteiger partial charge in [0.2, 0.25) is 0 Å². The van der Waals surface area contributed by atoms with Crippen molar-refractivity contribution in [2.45, 2.75) is 127 Å². The van der Waals surface area contributed by atoms with E-state index in [2.05, 4.69) is 23.6 Å². The van der Waals surface area contributed by atoms with Crippen LogP contribution >= 0.6 is 46.4 Å². The number of piperidine rings is 2. The lowest BCUT2D eigenvalue weighted by Gasteiger charge is -2.36. The number of likely N-dealkylation sites (tertiary alicyclic amines) is 4. The number of carbonyl (C=O) groups excluding carboxylic acids is 2. The van der Waals surface area contributed by atoms with Gasteiger partial charge < -0.3 is 29.5 Å². The van der Waals surface area contributed by atoms with Crippen LogP contribution in [0.1, 0.15) is 158 Å². The Morgan fingerprint density at radius 3 is 1.17 bits per heavy atom. The lowest BCUT2D eigenvalue weighted by atomic mass is 9.95. The van der Waals surface area contributed by atoms with E-state index in [-0.39, 0.29) is 35.0 Å². The van der Waals surface area contributed by atoms with Gasteiger partial charge in [-0.05, 0) is 212 Å². The molecule has 6 fully saturated rings. The number of rotatable bonds is 16. The molecule has 4 atom stereocenters. The van der Waals surface area contributed by atoms with E-state index in [0.29, 0.717) is 95.4 Å². The highest BCUT2D eigenvalue weighted by Gasteiger charge is 2.39. The molecule has 0 aromatic heterocycles. The van der Waals surface area contributed by atoms with E-state index < -0.39 is 47.5 Å². The van der Waals surface area contributed by atoms with Gasteiger partial charge in [-0.25, -0.2) is 18.4 Å². The number of amides is 2. The van der Waals surface area contributed by atoms with Gasteiger partial charge >= 0.3 is 11.9 Å². The molecule has 4 aliphatic heterocycles. The highest BCUT2D eigenvalue weighted by molar-refractivity contribution is 6.35. The summed E-state index contributed by atoms with van der Waals surface area (Å²) < 4.78 is 42.7. The fourth-order valence-corrected chi connectivity index (χ4v) is 12.6. The first kappa shape index (κ1) is 56.0. The van der Waals surface area contributed by atoms with Gasteiger partial charge in [0, 0.05) is 57.4 Å². The van der Waals surface area contributed by atoms with Crippen molar-refractivity contribution in [3.63, 3.8) is 0 Å². The summed E-state index contributed by atoms with van der Waals surface area (Å²) in [6, 6.07) is 15.8. The monoisotopic (exact) mass is 1120 g/mol. The van der Waals surface area contributed by atoms with Crippen LogP contribution in [-0.2, 0) is 9.59 Å². The molecule has 2 aliphatic carbocycles. The number of carboxylic acid groups (broad SMARTS) is 2. The molecular weight excluding hydrogens is 1060 g/mol. The molecule has 408 valence electrons. The average Bonchev–Trinajstić information content (AvgIpc) is 4.32. The number of aliphatic carboxylic acids is 2. The molecule has 10 rings (SSSR count). The maximum absolute atomic E-state index is 15.2. The van der Waals surface area contributed by atoms with Crippen molar-refractivity contribution in [2.24, 2.45) is 11.8 Å². The van der Waals surface area contributed by atoms with Gasteiger partial charge in [0.05, 0.1) is 24.3 Å². The third-order valence-electron chi connectivity index (χ3n) is 16.4. The highest BCUT2D eigenvalue weighted by Crippen LogP contribution is 2.47. The molecule has 2 N–H and O–H groups in total. The summed E-state index contributed by atoms with van der Waals surface area (Å²) in [4.78, 5) is 56.6. The van der Waals surface area contributed by atoms with Gasteiger partial charge in [0.25, 0.3) is 11.8 Å². The molecule has 2 saturated carbocycles. The van der Waals surface area contributed by atoms with E-state index in [9.17, 15) is 29.4 Å². The number of hydrogen-bond donors (Lipinski definition) is 2. The van der Waals surface area contributed by atoms with E-state index in [1.807, 2.05) is 24.3 Å². The second-order valence-corrected chi connectivity index (χ2v) is 23.4. The zero-order valence-corrected chi connectivity index (χ0v) is 46.0. The van der Waals surface area contributed by atoms with Gasteiger partial charge in [0.1, 0.15) is 35.2 Å². The second-order valence-electron chi connectivity index (χ2n) is 21.6. The zero-order chi connectivity index (χ0) is 53.9. The van der Waals surface area contributed by atoms with Gasteiger partial charge in [-0.2, -0.15) is 0 Å². The van der Waals surface area contributed by atoms with Crippen molar-refractivity contribution >= 4 is 70.2 Å². The van der Waals surface area contributed by atoms with Crippen molar-refractivity contribution in [2.75, 3.05) is 52.5 Å². The summed E-state index contributed by atoms with van der Waals surface area (Å²) >= 11 is 24.8. The van der Waals surface area contributed by atoms with Crippen molar-refractivity contribution in [3.8, 4) is 11.5 Å². The van der Waals surface area contributed by atoms with Crippen molar-refractivity contribution in [3.05, 3.63) is 126 Å². The summed E-state index contributed by atoms with van der Waals surface area (Å²) in [6.07, 6.45) is 9.72. The molecule has 2 amide bonds. The number of benzene rings is 4. The minimum Gasteiger partial charge on any atom is -0.493 e. The van der Waals surface area contributed by atoms with Gasteiger partial charge in [-0.3, -0.25) is 19.4 Å². The van der Waals surface area contributed by atoms with E-state index in [1.165, 1.54) is 21.9 Å². The third-order valence-corrected chi connectivity index (χ3v) is 17.2. The van der Waals surface area contributed by atoms with Crippen molar-refractivity contribution in [1.29, 1.82) is 0 Å². The Kier molecular flexibility index (Phi) is 18.1. The van der Waals surface area contributed by atoms with Crippen LogP contribution in [0.25, 0.3) is 0 Å². The lowest BCUT2D eigenvalue weighted by molar-refractivity contribution is -0.142. The largest absolute Gasteiger partial charge is 0.493 e. The Morgan fingerprint density at radius 1 is 0.513 bits per heavy atom. The van der Waals surface area contributed by atoms with Gasteiger partial charge in [-0.1, -0.05) is 46.4 Å². The summed E-state index contributed by atoms with van der Waals surface area (Å²) in [5.41, 5.74) is 3.78. The molecule has 4 aromatic rings. The summed E-state index contributed by atoms with van der Waals surface area (Å²) in [7, 11) is 0. The molecule has 0 radical (unpaired) electrons. The number of carbonyl (C=O) groups is 4. The number of ether oxygens (including phenoxy) is 2. The predicted molar refractivity (Wildman–Crippen MR) is 289 cm³/mol. The molecule has 18 heteroatoms. The third kappa shape index (κ3) is 13.4. The molecule has 76 heavy (non-hydrogen) atoms. The van der Waals surface area contributed by atoms with Crippen molar-refractivity contribution in [1.82, 2.24) is 19.6 Å². The van der Waals surface area contributed by atoms with Crippen molar-refractivity contribution < 1.29 is 47.6 Å². The van der Waals surface area contributed by atoms with E-state index in [0.717, 1.165) is 99.8 Å². The van der Waals surface area contributed by atoms with E-state index >= 15 is 8.78 Å². The topological polar surface area (TPSA) is 140 Å². The molecular formula is C58H66Cl4F2N4O8. The number of nitrogens with zero attached hydrogens (tertiary/aromatic N) is 4. The fraction of sp³-hybridized carbons (Fsp3) is 0.517. The van der Waals surface area contributed by atoms with Crippen LogP contribution < -0.4 is 9.47 Å². The second kappa shape index (κ2) is 24.5. The Labute approximate surface area is 463 Å². The average molecular weight is 1130 g/mol. The maximum Gasteiger partial charge on any atom is 0.326 e. The lowest BCUT2D eigenvalue weighted by Crippen LogP contribution is -2.40. The normalized spacial score (nSPS) is 21.5. The zero-order valence-electron chi connectivity index (χ0n) is 42.9. The predicted octanol–water partition coefficient (Wildman–Crippen LogP) is 13.1. The quantitative estimate of drug-likeness (QED) is 0.111. The standard InChI is InChI=1S/2C29H33Cl2FN2O4/c2*1-17(20-11-21(30)13-22(31)12-20)33-9-6-18(7-10-33)16-38-27-15-25(32)24(14-23(27)19-4-5-19)28(35)34-8-2-3-26(34)29(36)37/h2*11-15,17-19,26H,2-10,16H2,1H3,(H,36,37)/t17-,26+;17-,26-/m10/s1. The van der Waals surface area contributed by atoms with Crippen LogP contribution in [0.4, 0.5) is 8.78 Å². The van der Waals surface area contributed by atoms with Crippen LogP contribution in [0.2, 0.25) is 20.1 Å². The first-order valence-electron chi connectivity index (χ1n) is 26.8. The number of halogens is 6. The first-order chi connectivity index (χ1) is 36.4. The summed E-state index contributed by atoms with van der Waals surface area (Å²) in [6.45, 7) is 9.61. The minimum atomic E-state index is -1.05. The molecule has 4 saturated heterocycles. The van der Waals surface area contributed by atoms with Gasteiger partial charge in [-0.15, -0.1) is 0 Å². The summed E-state index contributed by atoms with van der Waals surface area (Å²) in [5.74, 6) is -2.32. The molecule has 4 heterocycles. The SMILES string of the molecule is C[C@@H](c1cc(Cl)cc(Cl)c1)N1CCC(COc2cc(F)c(C(=O)N3CCC[C@H]3C(=O)O)cc2C2CC2)CC1.C[C@H](c1cc(Cl)cc(Cl)c1)N1CCC(COc2cc(F)c(C(=O)N3CCC[C@H]3C(=O)O)cc2C2CC2)CC1. The number of hydrogen-bond acceptors (Lipinski definition) is 8. The van der Waals surface area contributed by atoms with Crippen LogP contribution in [0, 0.1) is 23.5 Å². The molecule has 0 unspecified atom stereocenters. The molecule has 12 nitrogen and oxygen atoms in total. The van der Waals surface area contributed by atoms with Crippen LogP contribution in [-0.4, -0.2) is 118 Å². The Bertz CT molecular complexity index is 2570. The van der Waals surface area contributed by atoms with E-state index in [1.54, 1.807) is 24.3 Å². The fourth-order valence-electron chi connectivity index (χ4n) is 11.5. The molecule has 0 spiro atoms. The van der Waals surface area contributed by atoms with E-state index in [4.69, 9.17) is 55.9 Å². The smallest absolute Gasteiger partial charge is 0.326 e. The van der Waals surface area contributed by atoms with Crippen LogP contribution in [0.15, 0.2) is 60.7 Å². The highest BCUT2D eigenvalue weighted by atomic mass is 35.5. The minimum absolute atomic E-state index is 0.0594. The summed E-state index contributed by atoms with van der Waals surface area (Å²) in [5, 5.41) is 21.4. The Morgan fingerprint density at radius 2 is 0.855 bits per heavy atom. The first-order valence-corrected chi connectivity index (χ1v) is 28.3. The Balaban J connectivity index is 0.000000186. The van der Waals surface area contributed by atoms with Gasteiger partial charge in [0.15, 0.2) is 0 Å². The Hall–Kier alpha value is -4.70. The van der Waals surface area contributed by atoms with Crippen LogP contribution in [0.5, 0.6) is 11.5 Å². The van der Waals surface area contributed by atoms with Crippen LogP contribution in [0.3, 0.4) is 0 Å².